The Hall–Kier alpha value is -1.94. The van der Waals surface area contributed by atoms with Gasteiger partial charge < -0.3 is 14.4 Å². The van der Waals surface area contributed by atoms with Crippen LogP contribution < -0.4 is 14.4 Å². The Balaban J connectivity index is 2.36. The molecule has 0 aliphatic heterocycles. The molecule has 28 heavy (non-hydrogen) atoms. The molecular formula is C24H32BrNO2. The van der Waals surface area contributed by atoms with Gasteiger partial charge in [-0.05, 0) is 36.6 Å². The predicted octanol–water partition coefficient (Wildman–Crippen LogP) is 7.04. The summed E-state index contributed by atoms with van der Waals surface area (Å²) >= 11 is 3.48. The Labute approximate surface area is 178 Å². The van der Waals surface area contributed by atoms with Crippen molar-refractivity contribution < 1.29 is 9.47 Å². The van der Waals surface area contributed by atoms with Gasteiger partial charge in [-0.3, -0.25) is 0 Å². The molecule has 0 spiro atoms. The third kappa shape index (κ3) is 6.30. The van der Waals surface area contributed by atoms with E-state index in [2.05, 4.69) is 71.1 Å². The summed E-state index contributed by atoms with van der Waals surface area (Å²) in [5.41, 5.74) is 3.26. The molecule has 0 N–H and O–H groups in total. The molecule has 0 unspecified atom stereocenters. The van der Waals surface area contributed by atoms with Gasteiger partial charge in [-0.1, -0.05) is 66.9 Å². The van der Waals surface area contributed by atoms with Gasteiger partial charge >= 0.3 is 0 Å². The SMILES string of the molecule is CCCCN(CCCC)c1cc(OC)c(/C=C/c2ccc(Br)cc2)cc1OC. The Morgan fingerprint density at radius 1 is 0.857 bits per heavy atom. The third-order valence-electron chi connectivity index (χ3n) is 4.76. The first kappa shape index (κ1) is 22.4. The van der Waals surface area contributed by atoms with E-state index in [-0.39, 0.29) is 0 Å². The number of benzene rings is 2. The van der Waals surface area contributed by atoms with Crippen LogP contribution >= 0.6 is 15.9 Å². The van der Waals surface area contributed by atoms with E-state index in [1.54, 1.807) is 14.2 Å². The maximum Gasteiger partial charge on any atom is 0.143 e. The Morgan fingerprint density at radius 2 is 1.46 bits per heavy atom. The van der Waals surface area contributed by atoms with Crippen LogP contribution in [0.15, 0.2) is 40.9 Å². The van der Waals surface area contributed by atoms with Crippen molar-refractivity contribution in [3.63, 3.8) is 0 Å². The van der Waals surface area contributed by atoms with Gasteiger partial charge in [0, 0.05) is 29.2 Å². The molecule has 3 nitrogen and oxygen atoms in total. The molecule has 152 valence electrons. The van der Waals surface area contributed by atoms with Gasteiger partial charge in [-0.2, -0.15) is 0 Å². The highest BCUT2D eigenvalue weighted by Crippen LogP contribution is 2.37. The van der Waals surface area contributed by atoms with E-state index in [9.17, 15) is 0 Å². The van der Waals surface area contributed by atoms with Gasteiger partial charge in [0.2, 0.25) is 0 Å². The number of unbranched alkanes of at least 4 members (excludes halogenated alkanes) is 2. The molecule has 0 fully saturated rings. The maximum atomic E-state index is 5.76. The summed E-state index contributed by atoms with van der Waals surface area (Å²) < 4.78 is 12.5. The van der Waals surface area contributed by atoms with Gasteiger partial charge in [0.1, 0.15) is 11.5 Å². The van der Waals surface area contributed by atoms with E-state index >= 15 is 0 Å². The number of hydrogen-bond acceptors (Lipinski definition) is 3. The lowest BCUT2D eigenvalue weighted by Gasteiger charge is -2.27. The number of ether oxygens (including phenoxy) is 2. The standard InChI is InChI=1S/C24H32BrNO2/c1-5-7-15-26(16-8-6-2)22-18-23(27-3)20(17-24(22)28-4)12-9-19-10-13-21(25)14-11-19/h9-14,17-18H,5-8,15-16H2,1-4H3/b12-9+. The van der Waals surface area contributed by atoms with Gasteiger partial charge in [0.05, 0.1) is 19.9 Å². The van der Waals surface area contributed by atoms with Crippen LogP contribution in [0.2, 0.25) is 0 Å². The molecular weight excluding hydrogens is 414 g/mol. The molecule has 2 aromatic carbocycles. The first-order chi connectivity index (χ1) is 13.6. The fourth-order valence-electron chi connectivity index (χ4n) is 3.09. The van der Waals surface area contributed by atoms with E-state index < -0.39 is 0 Å². The largest absolute Gasteiger partial charge is 0.496 e. The second kappa shape index (κ2) is 11.8. The minimum atomic E-state index is 0.863. The number of nitrogens with zero attached hydrogens (tertiary/aromatic N) is 1. The number of hydrogen-bond donors (Lipinski definition) is 0. The van der Waals surface area contributed by atoms with E-state index in [1.165, 1.54) is 25.7 Å². The van der Waals surface area contributed by atoms with Crippen LogP contribution in [0, 0.1) is 0 Å². The van der Waals surface area contributed by atoms with Crippen molar-refractivity contribution in [2.45, 2.75) is 39.5 Å². The second-order valence-corrected chi connectivity index (χ2v) is 7.76. The summed E-state index contributed by atoms with van der Waals surface area (Å²) in [5.74, 6) is 1.76. The van der Waals surface area contributed by atoms with E-state index in [0.717, 1.165) is 45.9 Å². The minimum Gasteiger partial charge on any atom is -0.496 e. The smallest absolute Gasteiger partial charge is 0.143 e. The van der Waals surface area contributed by atoms with Crippen molar-refractivity contribution in [1.82, 2.24) is 0 Å². The fourth-order valence-corrected chi connectivity index (χ4v) is 3.36. The van der Waals surface area contributed by atoms with Gasteiger partial charge in [0.25, 0.3) is 0 Å². The molecule has 0 aromatic heterocycles. The molecule has 0 heterocycles. The molecule has 0 aliphatic rings. The summed E-state index contributed by atoms with van der Waals surface area (Å²) in [6.07, 6.45) is 8.86. The van der Waals surface area contributed by atoms with Gasteiger partial charge in [-0.15, -0.1) is 0 Å². The lowest BCUT2D eigenvalue weighted by molar-refractivity contribution is 0.401. The first-order valence-electron chi connectivity index (χ1n) is 10.1. The lowest BCUT2D eigenvalue weighted by atomic mass is 10.1. The molecule has 0 saturated carbocycles. The molecule has 0 amide bonds. The van der Waals surface area contributed by atoms with Crippen molar-refractivity contribution in [3.05, 3.63) is 52.0 Å². The van der Waals surface area contributed by atoms with Crippen molar-refractivity contribution >= 4 is 33.8 Å². The molecule has 0 atom stereocenters. The van der Waals surface area contributed by atoms with Crippen LogP contribution in [-0.4, -0.2) is 27.3 Å². The third-order valence-corrected chi connectivity index (χ3v) is 5.29. The highest BCUT2D eigenvalue weighted by atomic mass is 79.9. The number of methoxy groups -OCH3 is 2. The van der Waals surface area contributed by atoms with Crippen LogP contribution in [-0.2, 0) is 0 Å². The highest BCUT2D eigenvalue weighted by Gasteiger charge is 2.15. The average Bonchev–Trinajstić information content (AvgIpc) is 2.73. The number of halogens is 1. The summed E-state index contributed by atoms with van der Waals surface area (Å²) in [7, 11) is 3.47. The maximum absolute atomic E-state index is 5.76. The van der Waals surface area contributed by atoms with Crippen molar-refractivity contribution in [1.29, 1.82) is 0 Å². The lowest BCUT2D eigenvalue weighted by Crippen LogP contribution is -2.26. The van der Waals surface area contributed by atoms with Gasteiger partial charge in [-0.25, -0.2) is 0 Å². The van der Waals surface area contributed by atoms with E-state index in [1.807, 2.05) is 12.1 Å². The number of anilines is 1. The van der Waals surface area contributed by atoms with Crippen LogP contribution in [0.3, 0.4) is 0 Å². The van der Waals surface area contributed by atoms with E-state index in [4.69, 9.17) is 9.47 Å². The van der Waals surface area contributed by atoms with Crippen molar-refractivity contribution in [3.8, 4) is 11.5 Å². The Kier molecular flexibility index (Phi) is 9.42. The number of rotatable bonds is 11. The average molecular weight is 446 g/mol. The fraction of sp³-hybridized carbons (Fsp3) is 0.417. The second-order valence-electron chi connectivity index (χ2n) is 6.85. The monoisotopic (exact) mass is 445 g/mol. The molecule has 0 saturated heterocycles. The van der Waals surface area contributed by atoms with Crippen molar-refractivity contribution in [2.24, 2.45) is 0 Å². The molecule has 0 aliphatic carbocycles. The van der Waals surface area contributed by atoms with Gasteiger partial charge in [0.15, 0.2) is 0 Å². The summed E-state index contributed by atoms with van der Waals surface area (Å²) in [6, 6.07) is 12.4. The quantitative estimate of drug-likeness (QED) is 0.346. The molecule has 4 heteroatoms. The Morgan fingerprint density at radius 3 is 2.00 bits per heavy atom. The zero-order valence-electron chi connectivity index (χ0n) is 17.5. The highest BCUT2D eigenvalue weighted by molar-refractivity contribution is 9.10. The normalized spacial score (nSPS) is 11.0. The molecule has 2 aromatic rings. The van der Waals surface area contributed by atoms with E-state index in [0.29, 0.717) is 0 Å². The minimum absolute atomic E-state index is 0.863. The Bertz CT molecular complexity index is 748. The van der Waals surface area contributed by atoms with Crippen LogP contribution in [0.4, 0.5) is 5.69 Å². The summed E-state index contributed by atoms with van der Waals surface area (Å²) in [4.78, 5) is 2.43. The first-order valence-corrected chi connectivity index (χ1v) is 10.9. The van der Waals surface area contributed by atoms with Crippen LogP contribution in [0.5, 0.6) is 11.5 Å². The van der Waals surface area contributed by atoms with Crippen molar-refractivity contribution in [2.75, 3.05) is 32.2 Å². The molecule has 0 bridgehead atoms. The predicted molar refractivity (Wildman–Crippen MR) is 125 cm³/mol. The molecule has 0 radical (unpaired) electrons. The summed E-state index contributed by atoms with van der Waals surface area (Å²) in [6.45, 7) is 6.52. The topological polar surface area (TPSA) is 21.7 Å². The van der Waals surface area contributed by atoms with Crippen LogP contribution in [0.1, 0.15) is 50.7 Å². The zero-order valence-corrected chi connectivity index (χ0v) is 19.1. The molecule has 2 rings (SSSR count). The van der Waals surface area contributed by atoms with Crippen LogP contribution in [0.25, 0.3) is 12.2 Å². The zero-order chi connectivity index (χ0) is 20.4. The summed E-state index contributed by atoms with van der Waals surface area (Å²) in [5, 5.41) is 0.